The molecular formula is C26H32Br2N8O5. The molecule has 2 aliphatic rings. The number of nitrogen functional groups attached to an aromatic ring is 2. The van der Waals surface area contributed by atoms with E-state index < -0.39 is 30.3 Å². The molecule has 6 atom stereocenters. The maximum absolute atomic E-state index is 10.2. The molecule has 15 heteroatoms. The van der Waals surface area contributed by atoms with Crippen LogP contribution in [-0.2, 0) is 0 Å². The number of nitrogens with zero attached hydrogens (tertiary/aromatic N) is 6. The standard InChI is InChI=1S/C13H15BrN4O2.C12H13BrN4O3.CH4/c1-2-6-3-8(12(20)11(6)19)18-5-17-9-10(18)7(14)4-16-13(9)15;13-6-2-15-12(14)8-9(6)17(4-16-8)7-1-5(3-18)10(19)11(7)20;/h3-6,11-12,19-20H,2H2,1H3,(H2,15,16);1-2,4-5,10-11,18-20H,3H2,(H2,14,15);1H4/t6-,11+,12-;5-,10-,11+;/m11./s1. The van der Waals surface area contributed by atoms with Gasteiger partial charge in [-0.3, -0.25) is 9.13 Å². The number of pyridine rings is 2. The van der Waals surface area contributed by atoms with Crippen LogP contribution in [0.1, 0.15) is 20.8 Å². The minimum Gasteiger partial charge on any atom is -0.396 e. The largest absolute Gasteiger partial charge is 0.396 e. The van der Waals surface area contributed by atoms with Gasteiger partial charge in [-0.15, -0.1) is 0 Å². The number of fused-ring (bicyclic) bond motifs is 2. The third-order valence-corrected chi connectivity index (χ3v) is 8.41. The van der Waals surface area contributed by atoms with Crippen LogP contribution < -0.4 is 11.5 Å². The van der Waals surface area contributed by atoms with Gasteiger partial charge in [0, 0.05) is 24.2 Å². The number of rotatable bonds is 4. The van der Waals surface area contributed by atoms with Crippen LogP contribution in [0, 0.1) is 11.8 Å². The maximum atomic E-state index is 10.2. The van der Waals surface area contributed by atoms with E-state index in [1.807, 2.05) is 13.0 Å². The monoisotopic (exact) mass is 694 g/mol. The normalized spacial score (nSPS) is 25.6. The molecule has 0 aliphatic heterocycles. The molecule has 4 aromatic rings. The van der Waals surface area contributed by atoms with Gasteiger partial charge >= 0.3 is 0 Å². The Hall–Kier alpha value is -2.92. The van der Waals surface area contributed by atoms with Crippen molar-refractivity contribution < 1.29 is 25.5 Å². The number of imidazole rings is 2. The first kappa shape index (κ1) is 31.0. The molecule has 13 nitrogen and oxygen atoms in total. The van der Waals surface area contributed by atoms with Crippen LogP contribution >= 0.6 is 31.9 Å². The fourth-order valence-corrected chi connectivity index (χ4v) is 6.00. The second-order valence-corrected chi connectivity index (χ2v) is 11.3. The Morgan fingerprint density at radius 2 is 1.17 bits per heavy atom. The van der Waals surface area contributed by atoms with E-state index in [1.165, 1.54) is 6.33 Å². The van der Waals surface area contributed by atoms with E-state index in [2.05, 4.69) is 51.8 Å². The molecule has 0 saturated heterocycles. The first-order valence-corrected chi connectivity index (χ1v) is 14.0. The smallest absolute Gasteiger partial charge is 0.151 e. The molecule has 0 fully saturated rings. The zero-order valence-corrected chi connectivity index (χ0v) is 24.3. The predicted octanol–water partition coefficient (Wildman–Crippen LogP) is 1.98. The Kier molecular flexibility index (Phi) is 9.18. The van der Waals surface area contributed by atoms with Crippen molar-refractivity contribution in [1.29, 1.82) is 0 Å². The molecule has 0 bridgehead atoms. The first-order chi connectivity index (χ1) is 19.1. The minimum atomic E-state index is -1.09. The lowest BCUT2D eigenvalue weighted by molar-refractivity contribution is 0.0199. The van der Waals surface area contributed by atoms with Crippen LogP contribution in [0.25, 0.3) is 33.5 Å². The van der Waals surface area contributed by atoms with Gasteiger partial charge in [-0.25, -0.2) is 19.9 Å². The summed E-state index contributed by atoms with van der Waals surface area (Å²) in [4.78, 5) is 16.5. The molecule has 2 aliphatic carbocycles. The Labute approximate surface area is 252 Å². The molecule has 0 spiro atoms. The average Bonchev–Trinajstić information content (AvgIpc) is 3.71. The summed E-state index contributed by atoms with van der Waals surface area (Å²) in [5, 5.41) is 49.4. The summed E-state index contributed by atoms with van der Waals surface area (Å²) in [6, 6.07) is 0. The van der Waals surface area contributed by atoms with Crippen molar-refractivity contribution in [3.63, 3.8) is 0 Å². The van der Waals surface area contributed by atoms with Gasteiger partial charge in [0.25, 0.3) is 0 Å². The summed E-state index contributed by atoms with van der Waals surface area (Å²) in [5.74, 6) is 0.0581. The molecule has 4 aromatic heterocycles. The predicted molar refractivity (Wildman–Crippen MR) is 163 cm³/mol. The van der Waals surface area contributed by atoms with Crippen LogP contribution in [0.2, 0.25) is 0 Å². The summed E-state index contributed by atoms with van der Waals surface area (Å²) >= 11 is 6.80. The number of hydrogen-bond donors (Lipinski definition) is 7. The quantitative estimate of drug-likeness (QED) is 0.164. The van der Waals surface area contributed by atoms with E-state index in [0.717, 1.165) is 16.4 Å². The van der Waals surface area contributed by atoms with E-state index >= 15 is 0 Å². The lowest BCUT2D eigenvalue weighted by atomic mass is 10.0. The summed E-state index contributed by atoms with van der Waals surface area (Å²) < 4.78 is 4.80. The molecule has 9 N–H and O–H groups in total. The maximum Gasteiger partial charge on any atom is 0.151 e. The number of halogens is 2. The van der Waals surface area contributed by atoms with Crippen LogP contribution in [-0.4, -0.2) is 85.6 Å². The highest BCUT2D eigenvalue weighted by Gasteiger charge is 2.36. The molecule has 4 heterocycles. The first-order valence-electron chi connectivity index (χ1n) is 12.4. The summed E-state index contributed by atoms with van der Waals surface area (Å²) in [5.41, 5.74) is 15.2. The number of aliphatic hydroxyl groups is 5. The van der Waals surface area contributed by atoms with Crippen molar-refractivity contribution >= 4 is 77.0 Å². The fraction of sp³-hybridized carbons (Fsp3) is 0.385. The highest BCUT2D eigenvalue weighted by Crippen LogP contribution is 2.36. The molecule has 0 saturated carbocycles. The fourth-order valence-electron chi connectivity index (χ4n) is 5.03. The second kappa shape index (κ2) is 12.1. The molecular weight excluding hydrogens is 664 g/mol. The topological polar surface area (TPSA) is 215 Å². The second-order valence-electron chi connectivity index (χ2n) is 9.58. The number of aliphatic hydroxyl groups excluding tert-OH is 5. The Morgan fingerprint density at radius 3 is 1.54 bits per heavy atom. The van der Waals surface area contributed by atoms with Crippen LogP contribution in [0.5, 0.6) is 0 Å². The Morgan fingerprint density at radius 1 is 0.756 bits per heavy atom. The van der Waals surface area contributed by atoms with E-state index in [9.17, 15) is 25.5 Å². The van der Waals surface area contributed by atoms with Crippen molar-refractivity contribution in [2.24, 2.45) is 11.8 Å². The van der Waals surface area contributed by atoms with Gasteiger partial charge in [-0.2, -0.15) is 0 Å². The van der Waals surface area contributed by atoms with E-state index in [4.69, 9.17) is 11.5 Å². The van der Waals surface area contributed by atoms with Gasteiger partial charge in [0.2, 0.25) is 0 Å². The third kappa shape index (κ3) is 5.27. The van der Waals surface area contributed by atoms with Crippen molar-refractivity contribution in [1.82, 2.24) is 29.1 Å². The van der Waals surface area contributed by atoms with Crippen molar-refractivity contribution in [3.8, 4) is 0 Å². The van der Waals surface area contributed by atoms with Crippen LogP contribution in [0.15, 0.2) is 46.1 Å². The van der Waals surface area contributed by atoms with E-state index in [1.54, 1.807) is 33.9 Å². The molecule has 41 heavy (non-hydrogen) atoms. The molecule has 0 amide bonds. The van der Waals surface area contributed by atoms with Crippen LogP contribution in [0.4, 0.5) is 11.6 Å². The highest BCUT2D eigenvalue weighted by molar-refractivity contribution is 9.11. The SMILES string of the molecule is C.CC[C@@H]1C=C(n2cnc3c(N)ncc(Br)c32)[C@@H](O)[C@H]1O.Nc1ncc(Br)c2c1ncn2C1=C[C@H](CO)[C@@H](O)[C@H]1O. The Bertz CT molecular complexity index is 1520. The average molecular weight is 696 g/mol. The van der Waals surface area contributed by atoms with E-state index in [-0.39, 0.29) is 25.8 Å². The Balaban J connectivity index is 0.000000184. The van der Waals surface area contributed by atoms with Gasteiger partial charge in [0.1, 0.15) is 35.9 Å². The third-order valence-electron chi connectivity index (χ3n) is 7.25. The molecule has 220 valence electrons. The lowest BCUT2D eigenvalue weighted by Gasteiger charge is -2.17. The highest BCUT2D eigenvalue weighted by atomic mass is 79.9. The van der Waals surface area contributed by atoms with Crippen molar-refractivity contribution in [2.45, 2.75) is 45.2 Å². The summed E-state index contributed by atoms with van der Waals surface area (Å²) in [7, 11) is 0. The summed E-state index contributed by atoms with van der Waals surface area (Å²) in [6.45, 7) is 1.74. The number of anilines is 2. The molecule has 6 rings (SSSR count). The number of hydrogen-bond acceptors (Lipinski definition) is 11. The summed E-state index contributed by atoms with van der Waals surface area (Å²) in [6.07, 6.45) is 6.70. The number of nitrogens with two attached hydrogens (primary N) is 2. The molecule has 0 aromatic carbocycles. The van der Waals surface area contributed by atoms with Crippen molar-refractivity contribution in [3.05, 3.63) is 46.1 Å². The zero-order valence-electron chi connectivity index (χ0n) is 21.2. The zero-order chi connectivity index (χ0) is 28.9. The van der Waals surface area contributed by atoms with Gasteiger partial charge in [0.05, 0.1) is 50.2 Å². The van der Waals surface area contributed by atoms with Crippen LogP contribution in [0.3, 0.4) is 0 Å². The molecule has 0 unspecified atom stereocenters. The molecule has 0 radical (unpaired) electrons. The minimum absolute atomic E-state index is 0. The van der Waals surface area contributed by atoms with Gasteiger partial charge in [-0.05, 0) is 38.3 Å². The van der Waals surface area contributed by atoms with Gasteiger partial charge in [0.15, 0.2) is 11.6 Å². The van der Waals surface area contributed by atoms with Gasteiger partial charge < -0.3 is 37.0 Å². The van der Waals surface area contributed by atoms with Crippen molar-refractivity contribution in [2.75, 3.05) is 18.1 Å². The van der Waals surface area contributed by atoms with E-state index in [0.29, 0.717) is 38.2 Å². The lowest BCUT2D eigenvalue weighted by Crippen LogP contribution is -2.30. The van der Waals surface area contributed by atoms with Gasteiger partial charge in [-0.1, -0.05) is 26.5 Å². The number of aromatic nitrogens is 6.